The Kier molecular flexibility index (Phi) is 14.2. The second-order valence-corrected chi connectivity index (χ2v) is 12.5. The van der Waals surface area contributed by atoms with Crippen LogP contribution >= 0.6 is 0 Å². The first-order valence-corrected chi connectivity index (χ1v) is 17.0. The third kappa shape index (κ3) is 11.5. The number of quaternary nitrogens is 1. The number of benzene rings is 3. The molecule has 0 aromatic heterocycles. The van der Waals surface area contributed by atoms with E-state index in [9.17, 15) is 0 Å². The quantitative estimate of drug-likeness (QED) is 0.226. The smallest absolute Gasteiger partial charge is 0.0798 e. The van der Waals surface area contributed by atoms with Crippen molar-refractivity contribution in [1.82, 2.24) is 19.6 Å². The van der Waals surface area contributed by atoms with E-state index in [2.05, 4.69) is 131 Å². The molecule has 0 aliphatic carbocycles. The molecule has 0 spiro atoms. The summed E-state index contributed by atoms with van der Waals surface area (Å²) in [5.74, 6) is 0. The van der Waals surface area contributed by atoms with Gasteiger partial charge in [0.1, 0.15) is 0 Å². The van der Waals surface area contributed by atoms with Gasteiger partial charge in [0, 0.05) is 85.0 Å². The molecule has 1 aliphatic rings. The Balaban J connectivity index is 1.49. The zero-order chi connectivity index (χ0) is 30.2. The van der Waals surface area contributed by atoms with Gasteiger partial charge in [-0.05, 0) is 37.5 Å². The largest absolute Gasteiger partial charge is 0.324 e. The fourth-order valence-electron chi connectivity index (χ4n) is 6.58. The molecule has 3 aromatic rings. The van der Waals surface area contributed by atoms with Crippen LogP contribution in [-0.2, 0) is 19.6 Å². The van der Waals surface area contributed by atoms with E-state index in [1.807, 2.05) is 0 Å². The molecule has 0 radical (unpaired) electrons. The van der Waals surface area contributed by atoms with E-state index in [4.69, 9.17) is 0 Å². The second kappa shape index (κ2) is 18.3. The summed E-state index contributed by atoms with van der Waals surface area (Å²) in [7, 11) is 0. The van der Waals surface area contributed by atoms with Crippen molar-refractivity contribution < 1.29 is 4.48 Å². The summed E-state index contributed by atoms with van der Waals surface area (Å²) >= 11 is 0. The van der Waals surface area contributed by atoms with Crippen LogP contribution in [-0.4, -0.2) is 109 Å². The van der Waals surface area contributed by atoms with Gasteiger partial charge in [-0.25, -0.2) is 0 Å². The van der Waals surface area contributed by atoms with Crippen LogP contribution in [0.1, 0.15) is 43.9 Å². The minimum Gasteiger partial charge on any atom is -0.324 e. The third-order valence-corrected chi connectivity index (χ3v) is 9.80. The molecule has 3 aromatic carbocycles. The van der Waals surface area contributed by atoms with Crippen LogP contribution in [0.4, 0.5) is 0 Å². The van der Waals surface area contributed by atoms with Crippen molar-refractivity contribution >= 4 is 0 Å². The molecule has 1 fully saturated rings. The van der Waals surface area contributed by atoms with Crippen molar-refractivity contribution in [3.63, 3.8) is 0 Å². The SMILES string of the molecule is CC[N+](CC)(CC)CCCN1CCN(Cc2ccccc2)CCN(Cc2ccccc2)CCN(Cc2ccccc2)CC1. The molecule has 0 N–H and O–H groups in total. The molecule has 0 amide bonds. The van der Waals surface area contributed by atoms with Crippen molar-refractivity contribution in [1.29, 1.82) is 0 Å². The van der Waals surface area contributed by atoms with Gasteiger partial charge in [0.2, 0.25) is 0 Å². The van der Waals surface area contributed by atoms with Crippen molar-refractivity contribution in [2.75, 3.05) is 85.1 Å². The molecule has 0 unspecified atom stereocenters. The summed E-state index contributed by atoms with van der Waals surface area (Å²) in [6.45, 7) is 25.2. The van der Waals surface area contributed by atoms with Crippen LogP contribution in [0.3, 0.4) is 0 Å². The molecule has 1 heterocycles. The molecule has 1 saturated heterocycles. The summed E-state index contributed by atoms with van der Waals surface area (Å²) in [6, 6.07) is 33.2. The Hall–Kier alpha value is -2.54. The lowest BCUT2D eigenvalue weighted by Gasteiger charge is -2.37. The van der Waals surface area contributed by atoms with E-state index in [0.717, 1.165) is 72.0 Å². The van der Waals surface area contributed by atoms with Gasteiger partial charge in [0.25, 0.3) is 0 Å². The maximum Gasteiger partial charge on any atom is 0.0798 e. The van der Waals surface area contributed by atoms with Crippen molar-refractivity contribution in [3.8, 4) is 0 Å². The molecule has 1 aliphatic heterocycles. The van der Waals surface area contributed by atoms with E-state index in [0.29, 0.717) is 0 Å². The highest BCUT2D eigenvalue weighted by Gasteiger charge is 2.22. The average molecular weight is 585 g/mol. The minimum atomic E-state index is 1.01. The summed E-state index contributed by atoms with van der Waals surface area (Å²) in [6.07, 6.45) is 1.28. The highest BCUT2D eigenvalue weighted by atomic mass is 15.3. The van der Waals surface area contributed by atoms with Crippen molar-refractivity contribution in [2.24, 2.45) is 0 Å². The molecule has 4 rings (SSSR count). The fraction of sp³-hybridized carbons (Fsp3) is 0.526. The standard InChI is InChI=1S/C38H58N5/c1-4-43(5-2,6-3)32-16-23-39-24-26-40(33-36-17-10-7-11-18-36)28-30-42(35-38-21-14-9-15-22-38)31-29-41(27-25-39)34-37-19-12-8-13-20-37/h7-15,17-22H,4-6,16,23-35H2,1-3H3/q+1. The van der Waals surface area contributed by atoms with E-state index in [1.165, 1.54) is 60.3 Å². The van der Waals surface area contributed by atoms with Gasteiger partial charge in [-0.15, -0.1) is 0 Å². The van der Waals surface area contributed by atoms with Crippen LogP contribution in [0.25, 0.3) is 0 Å². The summed E-state index contributed by atoms with van der Waals surface area (Å²) in [5, 5.41) is 0. The van der Waals surface area contributed by atoms with Gasteiger partial charge >= 0.3 is 0 Å². The number of rotatable bonds is 13. The van der Waals surface area contributed by atoms with E-state index >= 15 is 0 Å². The summed E-state index contributed by atoms with van der Waals surface area (Å²) in [5.41, 5.74) is 4.24. The number of nitrogens with zero attached hydrogens (tertiary/aromatic N) is 5. The monoisotopic (exact) mass is 584 g/mol. The van der Waals surface area contributed by atoms with E-state index in [1.54, 1.807) is 0 Å². The molecular formula is C38H58N5+. The van der Waals surface area contributed by atoms with Gasteiger partial charge in [0.15, 0.2) is 0 Å². The molecule has 0 bridgehead atoms. The third-order valence-electron chi connectivity index (χ3n) is 9.80. The Morgan fingerprint density at radius 3 is 1.05 bits per heavy atom. The molecule has 0 saturated carbocycles. The molecule has 43 heavy (non-hydrogen) atoms. The van der Waals surface area contributed by atoms with Gasteiger partial charge < -0.3 is 9.38 Å². The maximum absolute atomic E-state index is 2.77. The highest BCUT2D eigenvalue weighted by molar-refractivity contribution is 5.16. The van der Waals surface area contributed by atoms with Crippen molar-refractivity contribution in [3.05, 3.63) is 108 Å². The Labute approximate surface area is 263 Å². The van der Waals surface area contributed by atoms with Gasteiger partial charge in [0.05, 0.1) is 26.2 Å². The normalized spacial score (nSPS) is 17.4. The second-order valence-electron chi connectivity index (χ2n) is 12.5. The van der Waals surface area contributed by atoms with Crippen LogP contribution in [0, 0.1) is 0 Å². The van der Waals surface area contributed by atoms with E-state index in [-0.39, 0.29) is 0 Å². The zero-order valence-corrected chi connectivity index (χ0v) is 27.4. The molecule has 234 valence electrons. The average Bonchev–Trinajstić information content (AvgIpc) is 3.05. The lowest BCUT2D eigenvalue weighted by Crippen LogP contribution is -2.49. The van der Waals surface area contributed by atoms with E-state index < -0.39 is 0 Å². The Morgan fingerprint density at radius 1 is 0.442 bits per heavy atom. The molecule has 5 heteroatoms. The maximum atomic E-state index is 2.77. The molecule has 5 nitrogen and oxygen atoms in total. The summed E-state index contributed by atoms with van der Waals surface area (Å²) < 4.78 is 1.24. The van der Waals surface area contributed by atoms with Crippen LogP contribution in [0.5, 0.6) is 0 Å². The Bertz CT molecular complexity index is 1050. The van der Waals surface area contributed by atoms with Crippen LogP contribution in [0.2, 0.25) is 0 Å². The lowest BCUT2D eigenvalue weighted by molar-refractivity contribution is -0.923. The lowest BCUT2D eigenvalue weighted by atomic mass is 10.2. The zero-order valence-electron chi connectivity index (χ0n) is 27.4. The number of hydrogen-bond acceptors (Lipinski definition) is 4. The minimum absolute atomic E-state index is 1.01. The first-order chi connectivity index (χ1) is 21.1. The fourth-order valence-corrected chi connectivity index (χ4v) is 6.58. The topological polar surface area (TPSA) is 13.0 Å². The van der Waals surface area contributed by atoms with Gasteiger partial charge in [-0.1, -0.05) is 91.0 Å². The first kappa shape index (κ1) is 33.4. The first-order valence-electron chi connectivity index (χ1n) is 17.0. The summed E-state index contributed by atoms with van der Waals surface area (Å²) in [4.78, 5) is 10.9. The predicted octanol–water partition coefficient (Wildman–Crippen LogP) is 6.08. The highest BCUT2D eigenvalue weighted by Crippen LogP contribution is 2.13. The number of hydrogen-bond donors (Lipinski definition) is 0. The Morgan fingerprint density at radius 2 is 0.744 bits per heavy atom. The van der Waals surface area contributed by atoms with Crippen LogP contribution in [0.15, 0.2) is 91.0 Å². The molecule has 0 atom stereocenters. The van der Waals surface area contributed by atoms with Crippen LogP contribution < -0.4 is 0 Å². The predicted molar refractivity (Wildman–Crippen MR) is 183 cm³/mol. The van der Waals surface area contributed by atoms with Gasteiger partial charge in [-0.3, -0.25) is 14.7 Å². The van der Waals surface area contributed by atoms with Crippen molar-refractivity contribution in [2.45, 2.75) is 46.8 Å². The van der Waals surface area contributed by atoms with Gasteiger partial charge in [-0.2, -0.15) is 0 Å². The molecular weight excluding hydrogens is 526 g/mol.